The van der Waals surface area contributed by atoms with Gasteiger partial charge < -0.3 is 5.32 Å². The molecule has 1 aliphatic heterocycles. The number of hydrogen-bond acceptors (Lipinski definition) is 1. The average molecular weight is 220 g/mol. The minimum Gasteiger partial charge on any atom is -0.312 e. The van der Waals surface area contributed by atoms with Gasteiger partial charge in [-0.2, -0.15) is 0 Å². The van der Waals surface area contributed by atoms with E-state index in [2.05, 4.69) is 26.1 Å². The van der Waals surface area contributed by atoms with Gasteiger partial charge in [-0.1, -0.05) is 33.1 Å². The molecule has 86 valence electrons. The van der Waals surface area contributed by atoms with E-state index >= 15 is 0 Å². The molecule has 1 fully saturated rings. The van der Waals surface area contributed by atoms with Crippen molar-refractivity contribution in [2.45, 2.75) is 71.4 Å². The van der Waals surface area contributed by atoms with Gasteiger partial charge in [0, 0.05) is 12.1 Å². The maximum Gasteiger partial charge on any atom is 0.00695 e. The fourth-order valence-electron chi connectivity index (χ4n) is 2.24. The first kappa shape index (κ1) is 14.2. The molecular weight excluding hydrogens is 194 g/mol. The van der Waals surface area contributed by atoms with Crippen molar-refractivity contribution in [2.75, 3.05) is 0 Å². The van der Waals surface area contributed by atoms with E-state index < -0.39 is 0 Å². The topological polar surface area (TPSA) is 12.0 Å². The van der Waals surface area contributed by atoms with Crippen LogP contribution in [-0.2, 0) is 0 Å². The van der Waals surface area contributed by atoms with Gasteiger partial charge in [-0.25, -0.2) is 0 Å². The summed E-state index contributed by atoms with van der Waals surface area (Å²) in [7, 11) is 0. The number of piperidine rings is 1. The van der Waals surface area contributed by atoms with Crippen LogP contribution in [0.4, 0.5) is 0 Å². The molecule has 0 spiro atoms. The van der Waals surface area contributed by atoms with E-state index in [4.69, 9.17) is 0 Å². The molecule has 0 saturated carbocycles. The molecule has 2 atom stereocenters. The van der Waals surface area contributed by atoms with Gasteiger partial charge in [0.2, 0.25) is 0 Å². The molecule has 0 radical (unpaired) electrons. The van der Waals surface area contributed by atoms with Crippen molar-refractivity contribution in [2.24, 2.45) is 5.92 Å². The van der Waals surface area contributed by atoms with Gasteiger partial charge in [0.05, 0.1) is 0 Å². The Morgan fingerprint density at radius 2 is 2.00 bits per heavy atom. The third-order valence-electron chi connectivity index (χ3n) is 3.04. The maximum atomic E-state index is 3.69. The molecular formula is C12H26ClN. The Hall–Kier alpha value is 0.250. The van der Waals surface area contributed by atoms with Gasteiger partial charge in [0.25, 0.3) is 0 Å². The first-order valence-electron chi connectivity index (χ1n) is 5.94. The SMILES string of the molecule is CC(C)CCCC1CCCC(C)N1.Cl. The van der Waals surface area contributed by atoms with Gasteiger partial charge in [0.15, 0.2) is 0 Å². The molecule has 1 aliphatic rings. The molecule has 1 heterocycles. The molecule has 14 heavy (non-hydrogen) atoms. The molecule has 2 unspecified atom stereocenters. The van der Waals surface area contributed by atoms with Crippen LogP contribution in [0, 0.1) is 5.92 Å². The second-order valence-corrected chi connectivity index (χ2v) is 5.02. The van der Waals surface area contributed by atoms with E-state index in [-0.39, 0.29) is 12.4 Å². The third kappa shape index (κ3) is 5.87. The molecule has 0 bridgehead atoms. The Morgan fingerprint density at radius 3 is 2.57 bits per heavy atom. The molecule has 1 rings (SSSR count). The Morgan fingerprint density at radius 1 is 1.29 bits per heavy atom. The lowest BCUT2D eigenvalue weighted by molar-refractivity contribution is 0.311. The lowest BCUT2D eigenvalue weighted by atomic mass is 9.94. The Balaban J connectivity index is 0.00000169. The average Bonchev–Trinajstić information content (AvgIpc) is 2.03. The standard InChI is InChI=1S/C12H25N.ClH/c1-10(2)6-4-8-12-9-5-7-11(3)13-12;/h10-13H,4-9H2,1-3H3;1H. The van der Waals surface area contributed by atoms with Crippen LogP contribution in [0.25, 0.3) is 0 Å². The highest BCUT2D eigenvalue weighted by Gasteiger charge is 2.16. The van der Waals surface area contributed by atoms with Gasteiger partial charge in [-0.05, 0) is 32.1 Å². The van der Waals surface area contributed by atoms with E-state index in [1.165, 1.54) is 38.5 Å². The molecule has 1 N–H and O–H groups in total. The first-order valence-corrected chi connectivity index (χ1v) is 5.94. The van der Waals surface area contributed by atoms with Gasteiger partial charge in [-0.15, -0.1) is 12.4 Å². The maximum absolute atomic E-state index is 3.69. The monoisotopic (exact) mass is 219 g/mol. The molecule has 0 aromatic carbocycles. The Labute approximate surface area is 95.5 Å². The van der Waals surface area contributed by atoms with Crippen molar-refractivity contribution in [3.05, 3.63) is 0 Å². The lowest BCUT2D eigenvalue weighted by Crippen LogP contribution is -2.40. The van der Waals surface area contributed by atoms with Crippen LogP contribution < -0.4 is 5.32 Å². The van der Waals surface area contributed by atoms with E-state index in [0.29, 0.717) is 0 Å². The van der Waals surface area contributed by atoms with Crippen molar-refractivity contribution in [3.8, 4) is 0 Å². The highest BCUT2D eigenvalue weighted by molar-refractivity contribution is 5.85. The van der Waals surface area contributed by atoms with Crippen molar-refractivity contribution < 1.29 is 0 Å². The number of nitrogens with one attached hydrogen (secondary N) is 1. The van der Waals surface area contributed by atoms with Gasteiger partial charge in [-0.3, -0.25) is 0 Å². The zero-order chi connectivity index (χ0) is 9.68. The zero-order valence-corrected chi connectivity index (χ0v) is 10.7. The number of halogens is 1. The quantitative estimate of drug-likeness (QED) is 0.759. The van der Waals surface area contributed by atoms with Crippen LogP contribution in [0.1, 0.15) is 59.3 Å². The van der Waals surface area contributed by atoms with Crippen LogP contribution in [0.2, 0.25) is 0 Å². The highest BCUT2D eigenvalue weighted by atomic mass is 35.5. The lowest BCUT2D eigenvalue weighted by Gasteiger charge is -2.28. The molecule has 0 aromatic rings. The predicted molar refractivity (Wildman–Crippen MR) is 66.2 cm³/mol. The van der Waals surface area contributed by atoms with Crippen molar-refractivity contribution in [3.63, 3.8) is 0 Å². The van der Waals surface area contributed by atoms with Crippen LogP contribution in [0.15, 0.2) is 0 Å². The third-order valence-corrected chi connectivity index (χ3v) is 3.04. The van der Waals surface area contributed by atoms with Crippen molar-refractivity contribution >= 4 is 12.4 Å². The number of hydrogen-bond donors (Lipinski definition) is 1. The normalized spacial score (nSPS) is 27.4. The smallest absolute Gasteiger partial charge is 0.00695 e. The van der Waals surface area contributed by atoms with E-state index in [1.54, 1.807) is 0 Å². The summed E-state index contributed by atoms with van der Waals surface area (Å²) in [5.41, 5.74) is 0. The highest BCUT2D eigenvalue weighted by Crippen LogP contribution is 2.17. The van der Waals surface area contributed by atoms with Crippen LogP contribution in [0.3, 0.4) is 0 Å². The predicted octanol–water partition coefficient (Wildman–Crippen LogP) is 3.77. The Kier molecular flexibility index (Phi) is 7.66. The summed E-state index contributed by atoms with van der Waals surface area (Å²) in [5.74, 6) is 0.876. The summed E-state index contributed by atoms with van der Waals surface area (Å²) in [6, 6.07) is 1.58. The van der Waals surface area contributed by atoms with E-state index in [1.807, 2.05) is 0 Å². The molecule has 1 saturated heterocycles. The zero-order valence-electron chi connectivity index (χ0n) is 9.88. The summed E-state index contributed by atoms with van der Waals surface area (Å²) in [6.45, 7) is 6.95. The summed E-state index contributed by atoms with van der Waals surface area (Å²) in [6.07, 6.45) is 8.40. The summed E-state index contributed by atoms with van der Waals surface area (Å²) >= 11 is 0. The summed E-state index contributed by atoms with van der Waals surface area (Å²) in [5, 5.41) is 3.69. The molecule has 0 aromatic heterocycles. The summed E-state index contributed by atoms with van der Waals surface area (Å²) in [4.78, 5) is 0. The second kappa shape index (κ2) is 7.53. The van der Waals surface area contributed by atoms with Crippen LogP contribution in [-0.4, -0.2) is 12.1 Å². The van der Waals surface area contributed by atoms with Gasteiger partial charge in [0.1, 0.15) is 0 Å². The van der Waals surface area contributed by atoms with Crippen LogP contribution in [0.5, 0.6) is 0 Å². The van der Waals surface area contributed by atoms with E-state index in [9.17, 15) is 0 Å². The minimum absolute atomic E-state index is 0. The number of rotatable bonds is 4. The first-order chi connectivity index (χ1) is 6.18. The minimum atomic E-state index is 0. The molecule has 2 heteroatoms. The summed E-state index contributed by atoms with van der Waals surface area (Å²) < 4.78 is 0. The Bertz CT molecular complexity index is 136. The van der Waals surface area contributed by atoms with Crippen molar-refractivity contribution in [1.29, 1.82) is 0 Å². The second-order valence-electron chi connectivity index (χ2n) is 5.02. The molecule has 1 nitrogen and oxygen atoms in total. The largest absolute Gasteiger partial charge is 0.312 e. The van der Waals surface area contributed by atoms with Gasteiger partial charge >= 0.3 is 0 Å². The van der Waals surface area contributed by atoms with E-state index in [0.717, 1.165) is 18.0 Å². The fourth-order valence-corrected chi connectivity index (χ4v) is 2.24. The molecule has 0 aliphatic carbocycles. The molecule has 0 amide bonds. The fraction of sp³-hybridized carbons (Fsp3) is 1.00. The van der Waals surface area contributed by atoms with Crippen molar-refractivity contribution in [1.82, 2.24) is 5.32 Å². The van der Waals surface area contributed by atoms with Crippen LogP contribution >= 0.6 is 12.4 Å².